The molecule has 0 fully saturated rings. The summed E-state index contributed by atoms with van der Waals surface area (Å²) in [5.41, 5.74) is 5.10. The van der Waals surface area contributed by atoms with Gasteiger partial charge in [-0.3, -0.25) is 9.25 Å². The minimum absolute atomic E-state index is 0.0477. The second kappa shape index (κ2) is 8.63. The van der Waals surface area contributed by atoms with Crippen LogP contribution >= 0.6 is 0 Å². The van der Waals surface area contributed by atoms with Crippen molar-refractivity contribution in [1.29, 1.82) is 0 Å². The molecule has 5 aromatic rings. The van der Waals surface area contributed by atoms with Crippen molar-refractivity contribution in [2.45, 2.75) is 32.7 Å². The molecule has 0 aliphatic carbocycles. The van der Waals surface area contributed by atoms with Crippen LogP contribution in [0.4, 0.5) is 0 Å². The van der Waals surface area contributed by atoms with Crippen molar-refractivity contribution in [1.82, 2.24) is 19.5 Å². The van der Waals surface area contributed by atoms with Gasteiger partial charge in [0.05, 0.1) is 37.0 Å². The van der Waals surface area contributed by atoms with Gasteiger partial charge in [0, 0.05) is 28.3 Å². The number of methoxy groups -OCH3 is 1. The fourth-order valence-corrected chi connectivity index (χ4v) is 4.51. The molecule has 0 saturated carbocycles. The van der Waals surface area contributed by atoms with Gasteiger partial charge in [-0.25, -0.2) is 0 Å². The van der Waals surface area contributed by atoms with Crippen LogP contribution < -0.4 is 4.74 Å². The maximum absolute atomic E-state index is 11.6. The highest BCUT2D eigenvalue weighted by atomic mass is 16.5. The third-order valence-electron chi connectivity index (χ3n) is 6.08. The molecule has 8 nitrogen and oxygen atoms in total. The highest BCUT2D eigenvalue weighted by Gasteiger charge is 2.32. The Kier molecular flexibility index (Phi) is 5.61. The van der Waals surface area contributed by atoms with Crippen molar-refractivity contribution < 1.29 is 19.5 Å². The predicted molar refractivity (Wildman–Crippen MR) is 134 cm³/mol. The molecule has 0 unspecified atom stereocenters. The van der Waals surface area contributed by atoms with E-state index in [-0.39, 0.29) is 24.4 Å². The van der Waals surface area contributed by atoms with E-state index in [1.54, 1.807) is 17.9 Å². The molecule has 5 rings (SSSR count). The third kappa shape index (κ3) is 3.76. The van der Waals surface area contributed by atoms with E-state index in [2.05, 4.69) is 25.9 Å². The van der Waals surface area contributed by atoms with E-state index in [0.29, 0.717) is 11.3 Å². The average molecular weight is 473 g/mol. The molecule has 0 amide bonds. The number of hydrogen-bond donors (Lipinski definition) is 2. The summed E-state index contributed by atoms with van der Waals surface area (Å²) in [4.78, 5) is 0. The minimum atomic E-state index is -0.314. The van der Waals surface area contributed by atoms with Gasteiger partial charge in [-0.05, 0) is 24.3 Å². The van der Waals surface area contributed by atoms with Gasteiger partial charge in [0.15, 0.2) is 0 Å². The minimum Gasteiger partial charge on any atom is -0.496 e. The molecule has 8 heteroatoms. The standard InChI is InChI=1S/C27H28N4O4/c1-27(2,3)25-22-23(19-7-5-6-8-21(19)34-4)31(26(33)24(22)30(28-25)14-15-32)18-11-9-17(10-12-18)20-13-16-35-29-20/h5-13,16,32-33H,14-15H2,1-4H3. The number of nitrogens with zero attached hydrogens (tertiary/aromatic N) is 4. The van der Waals surface area contributed by atoms with Crippen molar-refractivity contribution in [3.05, 3.63) is 66.6 Å². The van der Waals surface area contributed by atoms with Crippen molar-refractivity contribution in [3.8, 4) is 39.8 Å². The number of rotatable bonds is 6. The normalized spacial score (nSPS) is 11.9. The van der Waals surface area contributed by atoms with E-state index < -0.39 is 0 Å². The topological polar surface area (TPSA) is 98.5 Å². The first-order valence-corrected chi connectivity index (χ1v) is 11.4. The molecular formula is C27H28N4O4. The Labute approximate surface area is 203 Å². The van der Waals surface area contributed by atoms with Gasteiger partial charge in [-0.15, -0.1) is 0 Å². The maximum Gasteiger partial charge on any atom is 0.223 e. The van der Waals surface area contributed by atoms with E-state index >= 15 is 0 Å². The molecule has 0 aliphatic rings. The van der Waals surface area contributed by atoms with Gasteiger partial charge in [0.25, 0.3) is 0 Å². The average Bonchev–Trinajstić information content (AvgIpc) is 3.57. The summed E-state index contributed by atoms with van der Waals surface area (Å²) in [5, 5.41) is 31.0. The van der Waals surface area contributed by atoms with E-state index in [1.165, 1.54) is 6.26 Å². The van der Waals surface area contributed by atoms with E-state index in [0.717, 1.165) is 39.3 Å². The van der Waals surface area contributed by atoms with Crippen molar-refractivity contribution in [2.24, 2.45) is 0 Å². The summed E-state index contributed by atoms with van der Waals surface area (Å²) < 4.78 is 14.2. The number of aliphatic hydroxyl groups excluding tert-OH is 1. The quantitative estimate of drug-likeness (QED) is 0.355. The van der Waals surface area contributed by atoms with Crippen LogP contribution in [0.25, 0.3) is 39.1 Å². The smallest absolute Gasteiger partial charge is 0.223 e. The molecule has 180 valence electrons. The Morgan fingerprint density at radius 1 is 1.03 bits per heavy atom. The fraction of sp³-hybridized carbons (Fsp3) is 0.259. The molecule has 35 heavy (non-hydrogen) atoms. The lowest BCUT2D eigenvalue weighted by molar-refractivity contribution is 0.270. The van der Waals surface area contributed by atoms with Crippen LogP contribution in [0.1, 0.15) is 26.5 Å². The Morgan fingerprint density at radius 2 is 1.77 bits per heavy atom. The zero-order valence-electron chi connectivity index (χ0n) is 20.2. The van der Waals surface area contributed by atoms with Gasteiger partial charge in [-0.2, -0.15) is 5.10 Å². The molecule has 0 saturated heterocycles. The van der Waals surface area contributed by atoms with Gasteiger partial charge in [0.2, 0.25) is 5.88 Å². The Morgan fingerprint density at radius 3 is 2.40 bits per heavy atom. The second-order valence-electron chi connectivity index (χ2n) is 9.41. The van der Waals surface area contributed by atoms with Gasteiger partial charge in [-0.1, -0.05) is 50.2 Å². The van der Waals surface area contributed by atoms with Crippen molar-refractivity contribution >= 4 is 10.9 Å². The van der Waals surface area contributed by atoms with Gasteiger partial charge in [0.1, 0.15) is 23.2 Å². The Balaban J connectivity index is 1.86. The summed E-state index contributed by atoms with van der Waals surface area (Å²) in [5.74, 6) is 0.730. The lowest BCUT2D eigenvalue weighted by Gasteiger charge is -2.19. The highest BCUT2D eigenvalue weighted by Crippen LogP contribution is 2.47. The number of ether oxygens (including phenoxy) is 1. The first kappa shape index (κ1) is 22.7. The molecule has 0 aliphatic heterocycles. The summed E-state index contributed by atoms with van der Waals surface area (Å²) in [6.45, 7) is 6.43. The molecule has 3 heterocycles. The first-order chi connectivity index (χ1) is 16.8. The van der Waals surface area contributed by atoms with Crippen LogP contribution in [0.2, 0.25) is 0 Å². The Hall–Kier alpha value is -4.04. The monoisotopic (exact) mass is 472 g/mol. The van der Waals surface area contributed by atoms with E-state index in [4.69, 9.17) is 14.4 Å². The number of aliphatic hydroxyl groups is 1. The zero-order valence-corrected chi connectivity index (χ0v) is 20.2. The summed E-state index contributed by atoms with van der Waals surface area (Å²) >= 11 is 0. The molecule has 2 aromatic carbocycles. The maximum atomic E-state index is 11.6. The summed E-state index contributed by atoms with van der Waals surface area (Å²) in [6, 6.07) is 17.3. The lowest BCUT2D eigenvalue weighted by Crippen LogP contribution is -2.15. The lowest BCUT2D eigenvalue weighted by atomic mass is 9.89. The number of fused-ring (bicyclic) bond motifs is 1. The second-order valence-corrected chi connectivity index (χ2v) is 9.41. The number of aromatic hydroxyl groups is 1. The van der Waals surface area contributed by atoms with Crippen LogP contribution in [0.15, 0.2) is 65.4 Å². The van der Waals surface area contributed by atoms with Crippen LogP contribution in [-0.4, -0.2) is 43.4 Å². The molecule has 0 radical (unpaired) electrons. The van der Waals surface area contributed by atoms with Crippen molar-refractivity contribution in [2.75, 3.05) is 13.7 Å². The SMILES string of the molecule is COc1ccccc1-c1c2c(C(C)(C)C)nn(CCO)c2c(O)n1-c1ccc(-c2ccon2)cc1. The highest BCUT2D eigenvalue weighted by molar-refractivity contribution is 6.02. The molecule has 0 atom stereocenters. The van der Waals surface area contributed by atoms with Crippen molar-refractivity contribution in [3.63, 3.8) is 0 Å². The summed E-state index contributed by atoms with van der Waals surface area (Å²) in [6.07, 6.45) is 1.54. The van der Waals surface area contributed by atoms with Crippen LogP contribution in [0, 0.1) is 0 Å². The molecular weight excluding hydrogens is 444 g/mol. The number of para-hydroxylation sites is 1. The number of aromatic nitrogens is 4. The third-order valence-corrected chi connectivity index (χ3v) is 6.08. The van der Waals surface area contributed by atoms with Crippen LogP contribution in [0.5, 0.6) is 11.6 Å². The number of benzene rings is 2. The van der Waals surface area contributed by atoms with E-state index in [1.807, 2.05) is 53.1 Å². The molecule has 0 bridgehead atoms. The van der Waals surface area contributed by atoms with E-state index in [9.17, 15) is 10.2 Å². The number of hydrogen-bond acceptors (Lipinski definition) is 6. The molecule has 0 spiro atoms. The van der Waals surface area contributed by atoms with Gasteiger partial charge < -0.3 is 19.5 Å². The van der Waals surface area contributed by atoms with Crippen LogP contribution in [0.3, 0.4) is 0 Å². The fourth-order valence-electron chi connectivity index (χ4n) is 4.51. The molecule has 3 aromatic heterocycles. The first-order valence-electron chi connectivity index (χ1n) is 11.4. The molecule has 2 N–H and O–H groups in total. The zero-order chi connectivity index (χ0) is 24.7. The van der Waals surface area contributed by atoms with Gasteiger partial charge >= 0.3 is 0 Å². The van der Waals surface area contributed by atoms with Crippen LogP contribution in [-0.2, 0) is 12.0 Å². The predicted octanol–water partition coefficient (Wildman–Crippen LogP) is 5.15. The Bertz CT molecular complexity index is 1470. The largest absolute Gasteiger partial charge is 0.496 e. The summed E-state index contributed by atoms with van der Waals surface area (Å²) in [7, 11) is 1.63.